The lowest BCUT2D eigenvalue weighted by Crippen LogP contribution is -2.32. The number of nitrogens with zero attached hydrogens (tertiary/aromatic N) is 1. The second-order valence-electron chi connectivity index (χ2n) is 6.11. The van der Waals surface area contributed by atoms with Gasteiger partial charge in [-0.25, -0.2) is 0 Å². The molecule has 2 aromatic rings. The van der Waals surface area contributed by atoms with Crippen LogP contribution in [0.15, 0.2) is 30.3 Å². The molecule has 1 aliphatic rings. The van der Waals surface area contributed by atoms with Crippen molar-refractivity contribution in [3.63, 3.8) is 0 Å². The predicted octanol–water partition coefficient (Wildman–Crippen LogP) is 2.86. The quantitative estimate of drug-likeness (QED) is 0.799. The Bertz CT molecular complexity index is 733. The van der Waals surface area contributed by atoms with Crippen molar-refractivity contribution in [2.24, 2.45) is 0 Å². The van der Waals surface area contributed by atoms with Crippen LogP contribution in [0.2, 0.25) is 0 Å². The summed E-state index contributed by atoms with van der Waals surface area (Å²) in [5.41, 5.74) is 1.69. The topological polar surface area (TPSA) is 84.1 Å². The third kappa shape index (κ3) is 4.01. The Hall–Kier alpha value is -2.63. The molecule has 0 aliphatic heterocycles. The summed E-state index contributed by atoms with van der Waals surface area (Å²) in [6.07, 6.45) is 4.42. The Balaban J connectivity index is 1.56. The van der Waals surface area contributed by atoms with E-state index in [1.165, 1.54) is 19.8 Å². The van der Waals surface area contributed by atoms with E-state index in [0.717, 1.165) is 12.8 Å². The number of carbonyl (C=O) groups is 2. The molecule has 1 fully saturated rings. The zero-order chi connectivity index (χ0) is 16.9. The second kappa shape index (κ2) is 7.29. The Morgan fingerprint density at radius 1 is 1.29 bits per heavy atom. The number of carbonyl (C=O) groups excluding carboxylic acids is 2. The van der Waals surface area contributed by atoms with Gasteiger partial charge in [-0.2, -0.15) is 5.10 Å². The first-order valence-electron chi connectivity index (χ1n) is 8.21. The highest BCUT2D eigenvalue weighted by molar-refractivity contribution is 5.94. The molecule has 1 amide bonds. The number of ether oxygens (including phenoxy) is 1. The number of hydrogen-bond donors (Lipinski definition) is 2. The van der Waals surface area contributed by atoms with Gasteiger partial charge in [-0.15, -0.1) is 0 Å². The standard InChI is InChI=1S/C18H21N3O3/c1-12(22)13-5-4-8-16(9-13)24-11-15-10-17(21-20-15)18(23)19-14-6-2-3-7-14/h4-5,8-10,14H,2-3,6-7,11H2,1H3,(H,19,23)(H,20,21). The van der Waals surface area contributed by atoms with Gasteiger partial charge in [0.25, 0.3) is 5.91 Å². The summed E-state index contributed by atoms with van der Waals surface area (Å²) >= 11 is 0. The summed E-state index contributed by atoms with van der Waals surface area (Å²) in [4.78, 5) is 23.5. The number of ketones is 1. The zero-order valence-electron chi connectivity index (χ0n) is 13.7. The molecular weight excluding hydrogens is 306 g/mol. The van der Waals surface area contributed by atoms with Crippen LogP contribution in [-0.2, 0) is 6.61 Å². The van der Waals surface area contributed by atoms with Crippen molar-refractivity contribution < 1.29 is 14.3 Å². The third-order valence-electron chi connectivity index (χ3n) is 4.19. The van der Waals surface area contributed by atoms with Gasteiger partial charge in [0.1, 0.15) is 18.1 Å². The molecule has 2 N–H and O–H groups in total. The van der Waals surface area contributed by atoms with E-state index in [9.17, 15) is 9.59 Å². The Morgan fingerprint density at radius 2 is 2.08 bits per heavy atom. The first-order chi connectivity index (χ1) is 11.6. The maximum absolute atomic E-state index is 12.1. The van der Waals surface area contributed by atoms with Crippen molar-refractivity contribution in [2.45, 2.75) is 45.3 Å². The molecule has 6 heteroatoms. The van der Waals surface area contributed by atoms with E-state index in [0.29, 0.717) is 22.7 Å². The van der Waals surface area contributed by atoms with Gasteiger partial charge in [0.05, 0.1) is 5.69 Å². The number of H-pyrrole nitrogens is 1. The van der Waals surface area contributed by atoms with Crippen LogP contribution in [0, 0.1) is 0 Å². The number of benzene rings is 1. The highest BCUT2D eigenvalue weighted by atomic mass is 16.5. The average molecular weight is 327 g/mol. The minimum atomic E-state index is -0.150. The molecule has 0 unspecified atom stereocenters. The van der Waals surface area contributed by atoms with Gasteiger partial charge in [-0.1, -0.05) is 25.0 Å². The normalized spacial score (nSPS) is 14.5. The van der Waals surface area contributed by atoms with E-state index in [1.54, 1.807) is 30.3 Å². The van der Waals surface area contributed by atoms with Crippen molar-refractivity contribution in [3.8, 4) is 5.75 Å². The fraction of sp³-hybridized carbons (Fsp3) is 0.389. The van der Waals surface area contributed by atoms with Crippen LogP contribution in [0.25, 0.3) is 0 Å². The van der Waals surface area contributed by atoms with Gasteiger partial charge in [0.15, 0.2) is 5.78 Å². The van der Waals surface area contributed by atoms with Crippen LogP contribution in [0.3, 0.4) is 0 Å². The molecule has 1 aliphatic carbocycles. The molecule has 0 saturated heterocycles. The van der Waals surface area contributed by atoms with E-state index in [-0.39, 0.29) is 24.3 Å². The first kappa shape index (κ1) is 16.2. The molecule has 126 valence electrons. The number of aromatic nitrogens is 2. The van der Waals surface area contributed by atoms with Crippen LogP contribution in [-0.4, -0.2) is 27.9 Å². The molecule has 6 nitrogen and oxygen atoms in total. The lowest BCUT2D eigenvalue weighted by atomic mass is 10.1. The van der Waals surface area contributed by atoms with Crippen LogP contribution in [0.4, 0.5) is 0 Å². The summed E-state index contributed by atoms with van der Waals surface area (Å²) in [5.74, 6) is 0.449. The summed E-state index contributed by atoms with van der Waals surface area (Å²) in [5, 5.41) is 9.86. The van der Waals surface area contributed by atoms with Crippen LogP contribution >= 0.6 is 0 Å². The third-order valence-corrected chi connectivity index (χ3v) is 4.19. The van der Waals surface area contributed by atoms with Gasteiger partial charge in [-0.3, -0.25) is 14.7 Å². The van der Waals surface area contributed by atoms with Crippen LogP contribution < -0.4 is 10.1 Å². The van der Waals surface area contributed by atoms with Gasteiger partial charge < -0.3 is 10.1 Å². The molecule has 0 atom stereocenters. The second-order valence-corrected chi connectivity index (χ2v) is 6.11. The summed E-state index contributed by atoms with van der Waals surface area (Å²) in [7, 11) is 0. The molecule has 24 heavy (non-hydrogen) atoms. The molecule has 0 radical (unpaired) electrons. The fourth-order valence-electron chi connectivity index (χ4n) is 2.85. The Kier molecular flexibility index (Phi) is 4.93. The van der Waals surface area contributed by atoms with Crippen molar-refractivity contribution in [3.05, 3.63) is 47.3 Å². The van der Waals surface area contributed by atoms with Gasteiger partial charge >= 0.3 is 0 Å². The molecule has 1 saturated carbocycles. The molecular formula is C18H21N3O3. The highest BCUT2D eigenvalue weighted by Crippen LogP contribution is 2.18. The average Bonchev–Trinajstić information content (AvgIpc) is 3.24. The van der Waals surface area contributed by atoms with E-state index >= 15 is 0 Å². The van der Waals surface area contributed by atoms with Gasteiger partial charge in [0.2, 0.25) is 0 Å². The Morgan fingerprint density at radius 3 is 2.83 bits per heavy atom. The number of Topliss-reactive ketones (excluding diaryl/α,β-unsaturated/α-hetero) is 1. The zero-order valence-corrected chi connectivity index (χ0v) is 13.7. The van der Waals surface area contributed by atoms with E-state index in [4.69, 9.17) is 4.74 Å². The molecule has 1 aromatic heterocycles. The number of aromatic amines is 1. The first-order valence-corrected chi connectivity index (χ1v) is 8.21. The Labute approximate surface area is 140 Å². The number of rotatable bonds is 6. The SMILES string of the molecule is CC(=O)c1cccc(OCc2cc(C(=O)NC3CCCC3)n[nH]2)c1. The molecule has 0 spiro atoms. The lowest BCUT2D eigenvalue weighted by Gasteiger charge is -2.09. The maximum atomic E-state index is 12.1. The largest absolute Gasteiger partial charge is 0.487 e. The van der Waals surface area contributed by atoms with E-state index < -0.39 is 0 Å². The van der Waals surface area contributed by atoms with E-state index in [1.807, 2.05) is 0 Å². The number of hydrogen-bond acceptors (Lipinski definition) is 4. The highest BCUT2D eigenvalue weighted by Gasteiger charge is 2.19. The fourth-order valence-corrected chi connectivity index (χ4v) is 2.85. The maximum Gasteiger partial charge on any atom is 0.271 e. The van der Waals surface area contributed by atoms with Crippen molar-refractivity contribution in [2.75, 3.05) is 0 Å². The van der Waals surface area contributed by atoms with Crippen molar-refractivity contribution in [1.29, 1.82) is 0 Å². The monoisotopic (exact) mass is 327 g/mol. The smallest absolute Gasteiger partial charge is 0.271 e. The molecule has 1 heterocycles. The number of amides is 1. The van der Waals surface area contributed by atoms with Crippen molar-refractivity contribution >= 4 is 11.7 Å². The lowest BCUT2D eigenvalue weighted by molar-refractivity contribution is 0.0932. The molecule has 3 rings (SSSR count). The predicted molar refractivity (Wildman–Crippen MR) is 89.1 cm³/mol. The summed E-state index contributed by atoms with van der Waals surface area (Å²) in [6.45, 7) is 1.77. The van der Waals surface area contributed by atoms with Crippen molar-refractivity contribution in [1.82, 2.24) is 15.5 Å². The van der Waals surface area contributed by atoms with Crippen LogP contribution in [0.5, 0.6) is 5.75 Å². The van der Waals surface area contributed by atoms with Gasteiger partial charge in [0, 0.05) is 11.6 Å². The van der Waals surface area contributed by atoms with Crippen LogP contribution in [0.1, 0.15) is 59.1 Å². The summed E-state index contributed by atoms with van der Waals surface area (Å²) in [6, 6.07) is 8.97. The molecule has 0 bridgehead atoms. The minimum Gasteiger partial charge on any atom is -0.487 e. The minimum absolute atomic E-state index is 0.00661. The number of nitrogens with one attached hydrogen (secondary N) is 2. The van der Waals surface area contributed by atoms with Gasteiger partial charge in [-0.05, 0) is 38.0 Å². The van der Waals surface area contributed by atoms with E-state index in [2.05, 4.69) is 15.5 Å². The summed E-state index contributed by atoms with van der Waals surface area (Å²) < 4.78 is 5.65. The molecule has 1 aromatic carbocycles.